The lowest BCUT2D eigenvalue weighted by Crippen LogP contribution is -2.15. The van der Waals surface area contributed by atoms with E-state index in [9.17, 15) is 0 Å². The summed E-state index contributed by atoms with van der Waals surface area (Å²) in [5.41, 5.74) is 1.34. The molecule has 0 aromatic heterocycles. The summed E-state index contributed by atoms with van der Waals surface area (Å²) in [4.78, 5) is 0. The van der Waals surface area contributed by atoms with Gasteiger partial charge in [0.2, 0.25) is 0 Å². The quantitative estimate of drug-likeness (QED) is 0.768. The van der Waals surface area contributed by atoms with E-state index in [1.165, 1.54) is 18.4 Å². The zero-order valence-corrected chi connectivity index (χ0v) is 10.5. The first-order valence-electron chi connectivity index (χ1n) is 6.49. The Morgan fingerprint density at radius 1 is 1.12 bits per heavy atom. The van der Waals surface area contributed by atoms with E-state index in [1.807, 2.05) is 6.07 Å². The molecule has 1 heterocycles. The van der Waals surface area contributed by atoms with Crippen LogP contribution >= 0.6 is 0 Å². The van der Waals surface area contributed by atoms with Gasteiger partial charge in [0.25, 0.3) is 0 Å². The van der Waals surface area contributed by atoms with Crippen molar-refractivity contribution in [2.75, 3.05) is 26.3 Å². The van der Waals surface area contributed by atoms with Crippen molar-refractivity contribution in [2.24, 2.45) is 0 Å². The Morgan fingerprint density at radius 3 is 2.76 bits per heavy atom. The van der Waals surface area contributed by atoms with Crippen LogP contribution in [0.3, 0.4) is 0 Å². The highest BCUT2D eigenvalue weighted by Crippen LogP contribution is 2.31. The highest BCUT2D eigenvalue weighted by Gasteiger charge is 2.11. The maximum absolute atomic E-state index is 5.57. The molecule has 0 amide bonds. The van der Waals surface area contributed by atoms with Gasteiger partial charge in [0.05, 0.1) is 0 Å². The van der Waals surface area contributed by atoms with Crippen LogP contribution in [0.25, 0.3) is 0 Å². The van der Waals surface area contributed by atoms with E-state index in [0.29, 0.717) is 13.2 Å². The summed E-state index contributed by atoms with van der Waals surface area (Å²) >= 11 is 0. The average Bonchev–Trinajstić information content (AvgIpc) is 2.38. The molecule has 2 rings (SSSR count). The molecule has 0 saturated heterocycles. The van der Waals surface area contributed by atoms with E-state index in [1.54, 1.807) is 0 Å². The fourth-order valence-electron chi connectivity index (χ4n) is 2.00. The van der Waals surface area contributed by atoms with E-state index >= 15 is 0 Å². The van der Waals surface area contributed by atoms with Gasteiger partial charge < -0.3 is 14.8 Å². The molecule has 0 spiro atoms. The highest BCUT2D eigenvalue weighted by atomic mass is 16.6. The third-order valence-electron chi connectivity index (χ3n) is 2.93. The van der Waals surface area contributed by atoms with Gasteiger partial charge in [-0.05, 0) is 50.0 Å². The van der Waals surface area contributed by atoms with Gasteiger partial charge in [0.15, 0.2) is 11.5 Å². The van der Waals surface area contributed by atoms with Crippen LogP contribution in [0, 0.1) is 0 Å². The number of rotatable bonds is 6. The Labute approximate surface area is 103 Å². The van der Waals surface area contributed by atoms with Gasteiger partial charge in [0, 0.05) is 0 Å². The van der Waals surface area contributed by atoms with E-state index in [0.717, 1.165) is 31.0 Å². The number of hydrogen-bond acceptors (Lipinski definition) is 3. The van der Waals surface area contributed by atoms with Gasteiger partial charge >= 0.3 is 0 Å². The minimum absolute atomic E-state index is 0.662. The van der Waals surface area contributed by atoms with Crippen molar-refractivity contribution in [1.29, 1.82) is 0 Å². The molecule has 0 radical (unpaired) electrons. The van der Waals surface area contributed by atoms with Gasteiger partial charge in [-0.3, -0.25) is 0 Å². The summed E-state index contributed by atoms with van der Waals surface area (Å²) in [6.07, 6.45) is 3.55. The number of hydrogen-bond donors (Lipinski definition) is 1. The number of unbranched alkanes of at least 4 members (excludes halogenated alkanes) is 1. The molecular weight excluding hydrogens is 214 g/mol. The molecule has 0 atom stereocenters. The molecule has 1 N–H and O–H groups in total. The molecule has 1 aliphatic rings. The number of aryl methyl sites for hydroxylation is 1. The van der Waals surface area contributed by atoms with Crippen LogP contribution < -0.4 is 14.8 Å². The Bertz CT molecular complexity index is 352. The largest absolute Gasteiger partial charge is 0.486 e. The second-order valence-electron chi connectivity index (χ2n) is 4.29. The fourth-order valence-corrected chi connectivity index (χ4v) is 2.00. The fraction of sp³-hybridized carbons (Fsp3) is 0.571. The van der Waals surface area contributed by atoms with Crippen LogP contribution in [0.15, 0.2) is 18.2 Å². The number of fused-ring (bicyclic) bond motifs is 1. The van der Waals surface area contributed by atoms with Crippen molar-refractivity contribution < 1.29 is 9.47 Å². The minimum Gasteiger partial charge on any atom is -0.486 e. The predicted molar refractivity (Wildman–Crippen MR) is 68.9 cm³/mol. The lowest BCUT2D eigenvalue weighted by atomic mass is 10.1. The summed E-state index contributed by atoms with van der Waals surface area (Å²) in [7, 11) is 0. The topological polar surface area (TPSA) is 30.5 Å². The molecular formula is C14H21NO2. The van der Waals surface area contributed by atoms with Gasteiger partial charge in [-0.25, -0.2) is 0 Å². The van der Waals surface area contributed by atoms with Crippen molar-refractivity contribution >= 4 is 0 Å². The van der Waals surface area contributed by atoms with Crippen molar-refractivity contribution in [3.63, 3.8) is 0 Å². The maximum atomic E-state index is 5.57. The van der Waals surface area contributed by atoms with Crippen molar-refractivity contribution in [1.82, 2.24) is 5.32 Å². The van der Waals surface area contributed by atoms with E-state index in [4.69, 9.17) is 9.47 Å². The van der Waals surface area contributed by atoms with E-state index in [2.05, 4.69) is 24.4 Å². The van der Waals surface area contributed by atoms with Crippen LogP contribution in [0.4, 0.5) is 0 Å². The van der Waals surface area contributed by atoms with Gasteiger partial charge in [0.1, 0.15) is 13.2 Å². The number of nitrogens with one attached hydrogen (secondary N) is 1. The van der Waals surface area contributed by atoms with Crippen LogP contribution in [0.2, 0.25) is 0 Å². The molecule has 3 heteroatoms. The molecule has 17 heavy (non-hydrogen) atoms. The summed E-state index contributed by atoms with van der Waals surface area (Å²) in [5, 5.41) is 3.34. The monoisotopic (exact) mass is 235 g/mol. The van der Waals surface area contributed by atoms with Crippen LogP contribution in [-0.4, -0.2) is 26.3 Å². The summed E-state index contributed by atoms with van der Waals surface area (Å²) < 4.78 is 11.1. The predicted octanol–water partition coefficient (Wildman–Crippen LogP) is 2.39. The first-order chi connectivity index (χ1) is 8.40. The zero-order chi connectivity index (χ0) is 11.9. The molecule has 1 aromatic rings. The summed E-state index contributed by atoms with van der Waals surface area (Å²) in [6, 6.07) is 6.27. The van der Waals surface area contributed by atoms with Crippen LogP contribution in [-0.2, 0) is 6.42 Å². The van der Waals surface area contributed by atoms with E-state index in [-0.39, 0.29) is 0 Å². The van der Waals surface area contributed by atoms with Crippen LogP contribution in [0.5, 0.6) is 11.5 Å². The molecule has 1 aliphatic heterocycles. The lowest BCUT2D eigenvalue weighted by molar-refractivity contribution is 0.171. The highest BCUT2D eigenvalue weighted by molar-refractivity contribution is 5.43. The lowest BCUT2D eigenvalue weighted by Gasteiger charge is -2.18. The molecule has 0 aliphatic carbocycles. The minimum atomic E-state index is 0.662. The van der Waals surface area contributed by atoms with Gasteiger partial charge in [-0.1, -0.05) is 13.0 Å². The second kappa shape index (κ2) is 6.50. The SMILES string of the molecule is CCNCCCCc1ccc2c(c1)OCCO2. The summed E-state index contributed by atoms with van der Waals surface area (Å²) in [6.45, 7) is 5.64. The van der Waals surface area contributed by atoms with Crippen molar-refractivity contribution in [2.45, 2.75) is 26.2 Å². The Kier molecular flexibility index (Phi) is 4.68. The molecule has 0 bridgehead atoms. The van der Waals surface area contributed by atoms with Crippen molar-refractivity contribution in [3.05, 3.63) is 23.8 Å². The third kappa shape index (κ3) is 3.63. The second-order valence-corrected chi connectivity index (χ2v) is 4.29. The first-order valence-corrected chi connectivity index (χ1v) is 6.49. The molecule has 1 aromatic carbocycles. The molecule has 0 saturated carbocycles. The maximum Gasteiger partial charge on any atom is 0.161 e. The average molecular weight is 235 g/mol. The Hall–Kier alpha value is -1.22. The smallest absolute Gasteiger partial charge is 0.161 e. The summed E-state index contributed by atoms with van der Waals surface area (Å²) in [5.74, 6) is 1.79. The van der Waals surface area contributed by atoms with Crippen molar-refractivity contribution in [3.8, 4) is 11.5 Å². The number of ether oxygens (including phenoxy) is 2. The van der Waals surface area contributed by atoms with Gasteiger partial charge in [-0.2, -0.15) is 0 Å². The molecule has 94 valence electrons. The van der Waals surface area contributed by atoms with E-state index < -0.39 is 0 Å². The molecule has 3 nitrogen and oxygen atoms in total. The standard InChI is InChI=1S/C14H21NO2/c1-2-15-8-4-3-5-12-6-7-13-14(11-12)17-10-9-16-13/h6-7,11,15H,2-5,8-10H2,1H3. The Balaban J connectivity index is 1.81. The third-order valence-corrected chi connectivity index (χ3v) is 2.93. The Morgan fingerprint density at radius 2 is 1.94 bits per heavy atom. The first kappa shape index (κ1) is 12.2. The zero-order valence-electron chi connectivity index (χ0n) is 10.5. The normalized spacial score (nSPS) is 13.7. The van der Waals surface area contributed by atoms with Crippen LogP contribution in [0.1, 0.15) is 25.3 Å². The van der Waals surface area contributed by atoms with Gasteiger partial charge in [-0.15, -0.1) is 0 Å². The number of benzene rings is 1. The molecule has 0 unspecified atom stereocenters. The molecule has 0 fully saturated rings.